The SMILES string of the molecule is CCC(C)C(=O)OCc1ccc(Cl)cc1. The smallest absolute Gasteiger partial charge is 0.308 e. The van der Waals surface area contributed by atoms with Gasteiger partial charge in [-0.05, 0) is 24.1 Å². The van der Waals surface area contributed by atoms with Crippen LogP contribution in [0.15, 0.2) is 24.3 Å². The number of esters is 1. The van der Waals surface area contributed by atoms with E-state index < -0.39 is 0 Å². The molecular weight excluding hydrogens is 212 g/mol. The van der Waals surface area contributed by atoms with Crippen molar-refractivity contribution >= 4 is 17.6 Å². The van der Waals surface area contributed by atoms with E-state index in [4.69, 9.17) is 16.3 Å². The van der Waals surface area contributed by atoms with E-state index in [1.54, 1.807) is 12.1 Å². The zero-order chi connectivity index (χ0) is 11.3. The minimum absolute atomic E-state index is 0.0303. The van der Waals surface area contributed by atoms with E-state index >= 15 is 0 Å². The second-order valence-corrected chi connectivity index (χ2v) is 3.98. The normalized spacial score (nSPS) is 12.2. The van der Waals surface area contributed by atoms with Crippen molar-refractivity contribution in [2.75, 3.05) is 0 Å². The highest BCUT2D eigenvalue weighted by molar-refractivity contribution is 6.30. The van der Waals surface area contributed by atoms with Crippen molar-refractivity contribution in [1.29, 1.82) is 0 Å². The van der Waals surface area contributed by atoms with Crippen LogP contribution in [0.1, 0.15) is 25.8 Å². The van der Waals surface area contributed by atoms with Crippen LogP contribution in [0.2, 0.25) is 5.02 Å². The number of rotatable bonds is 4. The van der Waals surface area contributed by atoms with Crippen molar-refractivity contribution in [3.05, 3.63) is 34.9 Å². The quantitative estimate of drug-likeness (QED) is 0.736. The first-order valence-electron chi connectivity index (χ1n) is 5.04. The molecule has 15 heavy (non-hydrogen) atoms. The summed E-state index contributed by atoms with van der Waals surface area (Å²) < 4.78 is 5.14. The van der Waals surface area contributed by atoms with E-state index in [1.165, 1.54) is 0 Å². The van der Waals surface area contributed by atoms with E-state index in [-0.39, 0.29) is 11.9 Å². The molecule has 3 heteroatoms. The first kappa shape index (κ1) is 12.1. The molecule has 0 aliphatic rings. The molecule has 0 amide bonds. The topological polar surface area (TPSA) is 26.3 Å². The Morgan fingerprint density at radius 3 is 2.53 bits per heavy atom. The molecule has 0 aliphatic heterocycles. The maximum Gasteiger partial charge on any atom is 0.308 e. The fourth-order valence-corrected chi connectivity index (χ4v) is 1.17. The third kappa shape index (κ3) is 3.92. The minimum atomic E-state index is -0.146. The Bertz CT molecular complexity index is 319. The number of hydrogen-bond acceptors (Lipinski definition) is 2. The Balaban J connectivity index is 2.43. The predicted octanol–water partition coefficient (Wildman–Crippen LogP) is 3.43. The van der Waals surface area contributed by atoms with E-state index in [2.05, 4.69) is 0 Å². The third-order valence-electron chi connectivity index (χ3n) is 2.31. The number of benzene rings is 1. The van der Waals surface area contributed by atoms with Crippen molar-refractivity contribution in [3.63, 3.8) is 0 Å². The summed E-state index contributed by atoms with van der Waals surface area (Å²) in [4.78, 5) is 11.4. The van der Waals surface area contributed by atoms with Gasteiger partial charge in [-0.2, -0.15) is 0 Å². The van der Waals surface area contributed by atoms with Crippen molar-refractivity contribution in [2.45, 2.75) is 26.9 Å². The van der Waals surface area contributed by atoms with Gasteiger partial charge in [0, 0.05) is 5.02 Å². The van der Waals surface area contributed by atoms with Gasteiger partial charge in [0.25, 0.3) is 0 Å². The van der Waals surface area contributed by atoms with Crippen LogP contribution in [0.3, 0.4) is 0 Å². The van der Waals surface area contributed by atoms with Crippen LogP contribution in [-0.2, 0) is 16.1 Å². The van der Waals surface area contributed by atoms with Crippen LogP contribution in [0.5, 0.6) is 0 Å². The molecule has 0 aliphatic carbocycles. The average Bonchev–Trinajstić information content (AvgIpc) is 2.26. The summed E-state index contributed by atoms with van der Waals surface area (Å²) in [5, 5.41) is 0.687. The van der Waals surface area contributed by atoms with Crippen LogP contribution in [0, 0.1) is 5.92 Å². The molecule has 1 atom stereocenters. The van der Waals surface area contributed by atoms with Crippen molar-refractivity contribution in [3.8, 4) is 0 Å². The molecule has 0 aromatic heterocycles. The van der Waals surface area contributed by atoms with E-state index in [9.17, 15) is 4.79 Å². The van der Waals surface area contributed by atoms with Gasteiger partial charge in [0.1, 0.15) is 6.61 Å². The molecule has 0 heterocycles. The monoisotopic (exact) mass is 226 g/mol. The van der Waals surface area contributed by atoms with Gasteiger partial charge < -0.3 is 4.74 Å². The van der Waals surface area contributed by atoms with Crippen LogP contribution in [0.4, 0.5) is 0 Å². The zero-order valence-electron chi connectivity index (χ0n) is 9.00. The number of carbonyl (C=O) groups excluding carboxylic acids is 1. The van der Waals surface area contributed by atoms with E-state index in [1.807, 2.05) is 26.0 Å². The van der Waals surface area contributed by atoms with Crippen LogP contribution < -0.4 is 0 Å². The van der Waals surface area contributed by atoms with Gasteiger partial charge in [-0.3, -0.25) is 4.79 Å². The summed E-state index contributed by atoms with van der Waals surface area (Å²) in [6.07, 6.45) is 0.805. The lowest BCUT2D eigenvalue weighted by atomic mass is 10.1. The Labute approximate surface area is 95.2 Å². The lowest BCUT2D eigenvalue weighted by Crippen LogP contribution is -2.13. The Hall–Kier alpha value is -1.02. The second-order valence-electron chi connectivity index (χ2n) is 3.54. The van der Waals surface area contributed by atoms with Crippen molar-refractivity contribution < 1.29 is 9.53 Å². The van der Waals surface area contributed by atoms with Gasteiger partial charge in [0.05, 0.1) is 5.92 Å². The predicted molar refractivity (Wildman–Crippen MR) is 60.7 cm³/mol. The first-order valence-corrected chi connectivity index (χ1v) is 5.42. The fourth-order valence-electron chi connectivity index (χ4n) is 1.04. The highest BCUT2D eigenvalue weighted by Gasteiger charge is 2.11. The molecule has 0 bridgehead atoms. The Morgan fingerprint density at radius 1 is 1.40 bits per heavy atom. The molecule has 82 valence electrons. The third-order valence-corrected chi connectivity index (χ3v) is 2.56. The van der Waals surface area contributed by atoms with Crippen molar-refractivity contribution in [2.24, 2.45) is 5.92 Å². The minimum Gasteiger partial charge on any atom is -0.461 e. The lowest BCUT2D eigenvalue weighted by molar-refractivity contribution is -0.149. The van der Waals surface area contributed by atoms with Crippen molar-refractivity contribution in [1.82, 2.24) is 0 Å². The van der Waals surface area contributed by atoms with Gasteiger partial charge >= 0.3 is 5.97 Å². The second kappa shape index (κ2) is 5.76. The molecule has 1 aromatic carbocycles. The van der Waals surface area contributed by atoms with Gasteiger partial charge in [-0.15, -0.1) is 0 Å². The Morgan fingerprint density at radius 2 is 2.00 bits per heavy atom. The molecular formula is C12H15ClO2. The zero-order valence-corrected chi connectivity index (χ0v) is 9.75. The maximum absolute atomic E-state index is 11.4. The van der Waals surface area contributed by atoms with Gasteiger partial charge in [-0.1, -0.05) is 37.6 Å². The number of carbonyl (C=O) groups is 1. The molecule has 1 aromatic rings. The molecule has 2 nitrogen and oxygen atoms in total. The summed E-state index contributed by atoms with van der Waals surface area (Å²) in [5.41, 5.74) is 0.955. The average molecular weight is 227 g/mol. The highest BCUT2D eigenvalue weighted by atomic mass is 35.5. The van der Waals surface area contributed by atoms with E-state index in [0.29, 0.717) is 11.6 Å². The van der Waals surface area contributed by atoms with Crippen LogP contribution in [-0.4, -0.2) is 5.97 Å². The lowest BCUT2D eigenvalue weighted by Gasteiger charge is -2.09. The molecule has 0 fully saturated rings. The summed E-state index contributed by atoms with van der Waals surface area (Å²) >= 11 is 5.74. The molecule has 0 saturated heterocycles. The molecule has 0 saturated carbocycles. The summed E-state index contributed by atoms with van der Waals surface area (Å²) in [5.74, 6) is -0.176. The summed E-state index contributed by atoms with van der Waals surface area (Å²) in [6.45, 7) is 4.15. The standard InChI is InChI=1S/C12H15ClO2/c1-3-9(2)12(14)15-8-10-4-6-11(13)7-5-10/h4-7,9H,3,8H2,1-2H3. The van der Waals surface area contributed by atoms with E-state index in [0.717, 1.165) is 12.0 Å². The molecule has 0 spiro atoms. The number of hydrogen-bond donors (Lipinski definition) is 0. The molecule has 0 N–H and O–H groups in total. The summed E-state index contributed by atoms with van der Waals surface area (Å²) in [7, 11) is 0. The number of halogens is 1. The maximum atomic E-state index is 11.4. The van der Waals surface area contributed by atoms with Crippen LogP contribution >= 0.6 is 11.6 Å². The Kier molecular flexibility index (Phi) is 4.63. The first-order chi connectivity index (χ1) is 7.13. The summed E-state index contributed by atoms with van der Waals surface area (Å²) in [6, 6.07) is 7.28. The fraction of sp³-hybridized carbons (Fsp3) is 0.417. The van der Waals surface area contributed by atoms with Gasteiger partial charge in [-0.25, -0.2) is 0 Å². The van der Waals surface area contributed by atoms with Gasteiger partial charge in [0.15, 0.2) is 0 Å². The molecule has 1 rings (SSSR count). The molecule has 0 radical (unpaired) electrons. The van der Waals surface area contributed by atoms with Crippen LogP contribution in [0.25, 0.3) is 0 Å². The van der Waals surface area contributed by atoms with Gasteiger partial charge in [0.2, 0.25) is 0 Å². The largest absolute Gasteiger partial charge is 0.461 e. The number of ether oxygens (including phenoxy) is 1. The molecule has 1 unspecified atom stereocenters. The highest BCUT2D eigenvalue weighted by Crippen LogP contribution is 2.11.